The lowest BCUT2D eigenvalue weighted by atomic mass is 10.0. The number of piperidine rings is 1. The molecule has 2 aromatic rings. The van der Waals surface area contributed by atoms with E-state index in [1.165, 1.54) is 60.3 Å². The van der Waals surface area contributed by atoms with Crippen molar-refractivity contribution >= 4 is 17.0 Å². The van der Waals surface area contributed by atoms with Gasteiger partial charge in [-0.05, 0) is 79.5 Å². The normalized spacial score (nSPS) is 15.1. The summed E-state index contributed by atoms with van der Waals surface area (Å²) in [6.45, 7) is 13.8. The SMILES string of the molecule is C=C(CN=C(C)c1ccccc1CC)c1ccc(N2CCCCC2)c(C)c1. The maximum Gasteiger partial charge on any atom is 0.0643 e. The predicted molar refractivity (Wildman–Crippen MR) is 119 cm³/mol. The van der Waals surface area contributed by atoms with Gasteiger partial charge >= 0.3 is 0 Å². The molecule has 1 saturated heterocycles. The fraction of sp³-hybridized carbons (Fsp3) is 0.400. The number of hydrogen-bond donors (Lipinski definition) is 0. The van der Waals surface area contributed by atoms with Gasteiger partial charge in [-0.2, -0.15) is 0 Å². The summed E-state index contributed by atoms with van der Waals surface area (Å²) in [7, 11) is 0. The lowest BCUT2D eigenvalue weighted by Gasteiger charge is -2.30. The molecule has 27 heavy (non-hydrogen) atoms. The smallest absolute Gasteiger partial charge is 0.0643 e. The van der Waals surface area contributed by atoms with Crippen molar-refractivity contribution in [1.29, 1.82) is 0 Å². The first-order chi connectivity index (χ1) is 13.1. The molecule has 1 aliphatic rings. The van der Waals surface area contributed by atoms with E-state index < -0.39 is 0 Å². The number of rotatable bonds is 6. The molecule has 0 bridgehead atoms. The molecule has 0 N–H and O–H groups in total. The molecule has 0 aromatic heterocycles. The standard InChI is InChI=1S/C25H32N2/c1-5-22-11-7-8-12-24(22)21(4)26-18-20(3)23-13-14-25(19(2)17-23)27-15-9-6-10-16-27/h7-8,11-14,17H,3,5-6,9-10,15-16,18H2,1-2,4H3. The average Bonchev–Trinajstić information content (AvgIpc) is 2.72. The van der Waals surface area contributed by atoms with E-state index in [-0.39, 0.29) is 0 Å². The molecule has 2 heteroatoms. The van der Waals surface area contributed by atoms with Gasteiger partial charge in [0.05, 0.1) is 6.54 Å². The molecule has 1 heterocycles. The maximum absolute atomic E-state index is 4.83. The summed E-state index contributed by atoms with van der Waals surface area (Å²) in [6.07, 6.45) is 5.01. The number of anilines is 1. The molecule has 0 aliphatic carbocycles. The fourth-order valence-corrected chi connectivity index (χ4v) is 3.94. The second-order valence-electron chi connectivity index (χ2n) is 7.56. The zero-order valence-corrected chi connectivity index (χ0v) is 17.1. The Morgan fingerprint density at radius 2 is 1.81 bits per heavy atom. The zero-order chi connectivity index (χ0) is 19.2. The van der Waals surface area contributed by atoms with Gasteiger partial charge in [-0.25, -0.2) is 0 Å². The van der Waals surface area contributed by atoms with E-state index in [2.05, 4.69) is 74.7 Å². The summed E-state index contributed by atoms with van der Waals surface area (Å²) in [5.74, 6) is 0. The number of hydrogen-bond acceptors (Lipinski definition) is 2. The molecular weight excluding hydrogens is 328 g/mol. The van der Waals surface area contributed by atoms with Crippen LogP contribution in [0.4, 0.5) is 5.69 Å². The van der Waals surface area contributed by atoms with E-state index in [1.807, 2.05) is 0 Å². The van der Waals surface area contributed by atoms with Crippen LogP contribution in [-0.4, -0.2) is 25.3 Å². The average molecular weight is 361 g/mol. The summed E-state index contributed by atoms with van der Waals surface area (Å²) in [6, 6.07) is 15.3. The van der Waals surface area contributed by atoms with Gasteiger partial charge in [0.25, 0.3) is 0 Å². The van der Waals surface area contributed by atoms with Crippen molar-refractivity contribution in [2.75, 3.05) is 24.5 Å². The molecule has 2 nitrogen and oxygen atoms in total. The first kappa shape index (κ1) is 19.4. The van der Waals surface area contributed by atoms with Gasteiger partial charge in [0, 0.05) is 24.5 Å². The van der Waals surface area contributed by atoms with Crippen LogP contribution in [-0.2, 0) is 6.42 Å². The van der Waals surface area contributed by atoms with E-state index in [1.54, 1.807) is 0 Å². The van der Waals surface area contributed by atoms with Crippen molar-refractivity contribution in [1.82, 2.24) is 0 Å². The van der Waals surface area contributed by atoms with Crippen molar-refractivity contribution in [3.05, 3.63) is 71.3 Å². The zero-order valence-electron chi connectivity index (χ0n) is 17.1. The highest BCUT2D eigenvalue weighted by molar-refractivity contribution is 6.00. The van der Waals surface area contributed by atoms with Crippen molar-refractivity contribution in [2.45, 2.75) is 46.5 Å². The van der Waals surface area contributed by atoms with Crippen molar-refractivity contribution in [2.24, 2.45) is 4.99 Å². The molecule has 3 rings (SSSR count). The van der Waals surface area contributed by atoms with Gasteiger partial charge in [0.15, 0.2) is 0 Å². The Hall–Kier alpha value is -2.35. The fourth-order valence-electron chi connectivity index (χ4n) is 3.94. The summed E-state index contributed by atoms with van der Waals surface area (Å²) in [5.41, 5.74) is 8.70. The van der Waals surface area contributed by atoms with Crippen LogP contribution >= 0.6 is 0 Å². The minimum absolute atomic E-state index is 0.645. The van der Waals surface area contributed by atoms with E-state index >= 15 is 0 Å². The van der Waals surface area contributed by atoms with E-state index in [4.69, 9.17) is 4.99 Å². The first-order valence-electron chi connectivity index (χ1n) is 10.2. The third-order valence-electron chi connectivity index (χ3n) is 5.60. The maximum atomic E-state index is 4.83. The highest BCUT2D eigenvalue weighted by Gasteiger charge is 2.13. The highest BCUT2D eigenvalue weighted by atomic mass is 15.1. The Morgan fingerprint density at radius 3 is 2.52 bits per heavy atom. The number of aliphatic imine (C=N–C) groups is 1. The van der Waals surface area contributed by atoms with Crippen molar-refractivity contribution < 1.29 is 0 Å². The molecule has 2 aromatic carbocycles. The third-order valence-corrected chi connectivity index (χ3v) is 5.60. The molecule has 0 radical (unpaired) electrons. The van der Waals surface area contributed by atoms with Crippen LogP contribution in [0.2, 0.25) is 0 Å². The van der Waals surface area contributed by atoms with Crippen LogP contribution in [0.3, 0.4) is 0 Å². The summed E-state index contributed by atoms with van der Waals surface area (Å²) < 4.78 is 0. The van der Waals surface area contributed by atoms with Crippen LogP contribution in [0.25, 0.3) is 5.57 Å². The second kappa shape index (κ2) is 9.03. The van der Waals surface area contributed by atoms with E-state index in [9.17, 15) is 0 Å². The predicted octanol–water partition coefficient (Wildman–Crippen LogP) is 6.07. The third kappa shape index (κ3) is 4.68. The molecule has 0 saturated carbocycles. The molecule has 0 spiro atoms. The van der Waals surface area contributed by atoms with Gasteiger partial charge in [-0.1, -0.05) is 43.8 Å². The summed E-state index contributed by atoms with van der Waals surface area (Å²) >= 11 is 0. The molecular formula is C25H32N2. The number of benzene rings is 2. The van der Waals surface area contributed by atoms with Crippen LogP contribution in [0.1, 0.15) is 55.4 Å². The Bertz CT molecular complexity index is 826. The Morgan fingerprint density at radius 1 is 1.07 bits per heavy atom. The summed E-state index contributed by atoms with van der Waals surface area (Å²) in [4.78, 5) is 7.35. The number of aryl methyl sites for hydroxylation is 2. The molecule has 1 aliphatic heterocycles. The van der Waals surface area contributed by atoms with Gasteiger partial charge in [0.1, 0.15) is 0 Å². The quantitative estimate of drug-likeness (QED) is 0.571. The first-order valence-corrected chi connectivity index (χ1v) is 10.2. The van der Waals surface area contributed by atoms with Crippen molar-refractivity contribution in [3.63, 3.8) is 0 Å². The molecule has 0 atom stereocenters. The van der Waals surface area contributed by atoms with Crippen LogP contribution in [0, 0.1) is 6.92 Å². The highest BCUT2D eigenvalue weighted by Crippen LogP contribution is 2.27. The van der Waals surface area contributed by atoms with Crippen LogP contribution in [0.5, 0.6) is 0 Å². The Balaban J connectivity index is 1.71. The molecule has 1 fully saturated rings. The minimum Gasteiger partial charge on any atom is -0.371 e. The topological polar surface area (TPSA) is 15.6 Å². The number of nitrogens with zero attached hydrogens (tertiary/aromatic N) is 2. The van der Waals surface area contributed by atoms with E-state index in [0.29, 0.717) is 6.54 Å². The van der Waals surface area contributed by atoms with Crippen LogP contribution < -0.4 is 4.90 Å². The van der Waals surface area contributed by atoms with Gasteiger partial charge in [0.2, 0.25) is 0 Å². The largest absolute Gasteiger partial charge is 0.371 e. The van der Waals surface area contributed by atoms with E-state index in [0.717, 1.165) is 17.7 Å². The minimum atomic E-state index is 0.645. The lowest BCUT2D eigenvalue weighted by molar-refractivity contribution is 0.577. The van der Waals surface area contributed by atoms with Gasteiger partial charge in [-0.3, -0.25) is 4.99 Å². The second-order valence-corrected chi connectivity index (χ2v) is 7.56. The Labute approximate surface area is 164 Å². The van der Waals surface area contributed by atoms with Gasteiger partial charge < -0.3 is 4.90 Å². The van der Waals surface area contributed by atoms with Crippen LogP contribution in [0.15, 0.2) is 54.0 Å². The Kier molecular flexibility index (Phi) is 6.49. The molecule has 0 unspecified atom stereocenters. The van der Waals surface area contributed by atoms with Crippen molar-refractivity contribution in [3.8, 4) is 0 Å². The lowest BCUT2D eigenvalue weighted by Crippen LogP contribution is -2.29. The molecule has 142 valence electrons. The molecule has 0 amide bonds. The summed E-state index contributed by atoms with van der Waals surface area (Å²) in [5, 5.41) is 0. The van der Waals surface area contributed by atoms with Gasteiger partial charge in [-0.15, -0.1) is 0 Å². The monoisotopic (exact) mass is 360 g/mol.